The minimum atomic E-state index is -2.79. The van der Waals surface area contributed by atoms with Gasteiger partial charge in [-0.1, -0.05) is 29.8 Å². The van der Waals surface area contributed by atoms with E-state index in [2.05, 4.69) is 31.9 Å². The summed E-state index contributed by atoms with van der Waals surface area (Å²) in [7, 11) is 2.12. The molecule has 3 aromatic rings. The predicted molar refractivity (Wildman–Crippen MR) is 123 cm³/mol. The molecule has 1 fully saturated rings. The van der Waals surface area contributed by atoms with Gasteiger partial charge >= 0.3 is 6.55 Å². The van der Waals surface area contributed by atoms with Crippen LogP contribution in [0.3, 0.4) is 0 Å². The number of nitrogens with two attached hydrogens (primary N) is 1. The van der Waals surface area contributed by atoms with Gasteiger partial charge in [-0.2, -0.15) is 13.9 Å². The molecular formula is C22H26ClF2N7O. The Kier molecular flexibility index (Phi) is 7.36. The number of para-hydroxylation sites is 1. The molecule has 4 rings (SSSR count). The molecule has 0 saturated carbocycles. The fraction of sp³-hybridized carbons (Fsp3) is 0.409. The Bertz CT molecular complexity index is 1070. The molecule has 3 heterocycles. The second kappa shape index (κ2) is 10.4. The molecule has 2 N–H and O–H groups in total. The van der Waals surface area contributed by atoms with E-state index >= 15 is 0 Å². The average Bonchev–Trinajstić information content (AvgIpc) is 3.20. The lowest BCUT2D eigenvalue weighted by Crippen LogP contribution is -2.45. The van der Waals surface area contributed by atoms with Crippen LogP contribution < -0.4 is 10.5 Å². The highest BCUT2D eigenvalue weighted by atomic mass is 35.5. The normalized spacial score (nSPS) is 15.3. The number of alkyl halides is 2. The number of benzene rings is 1. The van der Waals surface area contributed by atoms with Crippen molar-refractivity contribution in [1.29, 1.82) is 0 Å². The molecule has 2 aromatic heterocycles. The second-order valence-electron chi connectivity index (χ2n) is 7.97. The first kappa shape index (κ1) is 23.3. The number of halogens is 3. The Morgan fingerprint density at radius 1 is 1.12 bits per heavy atom. The summed E-state index contributed by atoms with van der Waals surface area (Å²) in [5.41, 5.74) is 7.68. The Morgan fingerprint density at radius 3 is 2.61 bits per heavy atom. The van der Waals surface area contributed by atoms with Crippen LogP contribution in [0.15, 0.2) is 36.5 Å². The number of rotatable bonds is 8. The van der Waals surface area contributed by atoms with Crippen LogP contribution in [0.25, 0.3) is 11.4 Å². The van der Waals surface area contributed by atoms with Crippen LogP contribution in [-0.4, -0.2) is 75.9 Å². The maximum Gasteiger partial charge on any atom is 0.333 e. The van der Waals surface area contributed by atoms with Gasteiger partial charge in [0.15, 0.2) is 0 Å². The summed E-state index contributed by atoms with van der Waals surface area (Å²) in [6.07, 6.45) is 1.64. The van der Waals surface area contributed by atoms with Crippen LogP contribution in [0, 0.1) is 0 Å². The number of ether oxygens (including phenoxy) is 1. The van der Waals surface area contributed by atoms with Gasteiger partial charge in [0, 0.05) is 57.0 Å². The van der Waals surface area contributed by atoms with E-state index in [4.69, 9.17) is 22.1 Å². The molecule has 0 atom stereocenters. The van der Waals surface area contributed by atoms with Crippen LogP contribution in [0.4, 0.5) is 14.7 Å². The standard InChI is InChI=1S/C22H26ClF2N7O/c1-30-6-8-31(9-7-30)10-11-33-18-5-3-2-4-15(18)12-16-14-32(21(24)25)29-20(16)17-13-19(23)28-22(26)27-17/h2-5,13-14,21H,6-12H2,1H3,(H2,26,27,28). The first-order valence-corrected chi connectivity index (χ1v) is 11.0. The maximum absolute atomic E-state index is 13.4. The molecule has 8 nitrogen and oxygen atoms in total. The van der Waals surface area contributed by atoms with Gasteiger partial charge in [0.2, 0.25) is 5.95 Å². The monoisotopic (exact) mass is 477 g/mol. The number of piperazine rings is 1. The number of nitrogen functional groups attached to an aromatic ring is 1. The van der Waals surface area contributed by atoms with Gasteiger partial charge in [-0.3, -0.25) is 4.90 Å². The largest absolute Gasteiger partial charge is 0.492 e. The molecule has 11 heteroatoms. The number of aromatic nitrogens is 4. The Hall–Kier alpha value is -2.82. The fourth-order valence-electron chi connectivity index (χ4n) is 3.78. The molecule has 1 aliphatic rings. The number of anilines is 1. The third-order valence-electron chi connectivity index (χ3n) is 5.58. The number of hydrogen-bond donors (Lipinski definition) is 1. The smallest absolute Gasteiger partial charge is 0.333 e. The summed E-state index contributed by atoms with van der Waals surface area (Å²) in [5, 5.41) is 4.14. The number of hydrogen-bond acceptors (Lipinski definition) is 7. The highest BCUT2D eigenvalue weighted by Gasteiger charge is 2.20. The van der Waals surface area contributed by atoms with E-state index in [1.54, 1.807) is 0 Å². The van der Waals surface area contributed by atoms with Gasteiger partial charge in [-0.15, -0.1) is 0 Å². The molecule has 0 aliphatic carbocycles. The fourth-order valence-corrected chi connectivity index (χ4v) is 3.97. The zero-order valence-electron chi connectivity index (χ0n) is 18.3. The van der Waals surface area contributed by atoms with Gasteiger partial charge in [-0.05, 0) is 18.7 Å². The van der Waals surface area contributed by atoms with Crippen LogP contribution in [0.2, 0.25) is 5.15 Å². The summed E-state index contributed by atoms with van der Waals surface area (Å²) in [4.78, 5) is 12.6. The van der Waals surface area contributed by atoms with E-state index in [0.717, 1.165) is 38.3 Å². The Balaban J connectivity index is 1.53. The summed E-state index contributed by atoms with van der Waals surface area (Å²) < 4.78 is 33.5. The van der Waals surface area contributed by atoms with Gasteiger partial charge in [0.05, 0.1) is 5.69 Å². The van der Waals surface area contributed by atoms with E-state index in [-0.39, 0.29) is 22.5 Å². The van der Waals surface area contributed by atoms with Crippen LogP contribution in [0.5, 0.6) is 5.75 Å². The van der Waals surface area contributed by atoms with Crippen molar-refractivity contribution in [2.75, 3.05) is 52.1 Å². The van der Waals surface area contributed by atoms with E-state index in [1.807, 2.05) is 24.3 Å². The first-order chi connectivity index (χ1) is 15.9. The van der Waals surface area contributed by atoms with Crippen molar-refractivity contribution in [3.63, 3.8) is 0 Å². The summed E-state index contributed by atoms with van der Waals surface area (Å²) in [5.74, 6) is 0.658. The molecule has 0 unspecified atom stereocenters. The molecule has 0 bridgehead atoms. The number of nitrogens with zero attached hydrogens (tertiary/aromatic N) is 6. The van der Waals surface area contributed by atoms with Crippen LogP contribution in [0.1, 0.15) is 17.7 Å². The first-order valence-electron chi connectivity index (χ1n) is 10.7. The van der Waals surface area contributed by atoms with E-state index in [1.165, 1.54) is 12.3 Å². The molecule has 0 amide bonds. The Labute approximate surface area is 195 Å². The lowest BCUT2D eigenvalue weighted by Gasteiger charge is -2.32. The minimum absolute atomic E-state index is 0.0531. The van der Waals surface area contributed by atoms with Crippen molar-refractivity contribution >= 4 is 17.5 Å². The molecule has 1 aliphatic heterocycles. The van der Waals surface area contributed by atoms with Crippen LogP contribution >= 0.6 is 11.6 Å². The molecule has 0 radical (unpaired) electrons. The average molecular weight is 478 g/mol. The van der Waals surface area contributed by atoms with Crippen molar-refractivity contribution < 1.29 is 13.5 Å². The highest BCUT2D eigenvalue weighted by molar-refractivity contribution is 6.29. The maximum atomic E-state index is 13.4. The lowest BCUT2D eigenvalue weighted by atomic mass is 10.0. The van der Waals surface area contributed by atoms with Gasteiger partial charge in [-0.25, -0.2) is 14.6 Å². The third-order valence-corrected chi connectivity index (χ3v) is 5.77. The summed E-state index contributed by atoms with van der Waals surface area (Å²) in [6.45, 7) is 2.71. The van der Waals surface area contributed by atoms with E-state index < -0.39 is 6.55 Å². The predicted octanol–water partition coefficient (Wildman–Crippen LogP) is 3.19. The van der Waals surface area contributed by atoms with Gasteiger partial charge < -0.3 is 15.4 Å². The summed E-state index contributed by atoms with van der Waals surface area (Å²) in [6, 6.07) is 9.03. The van der Waals surface area contributed by atoms with Crippen molar-refractivity contribution in [1.82, 2.24) is 29.5 Å². The van der Waals surface area contributed by atoms with Crippen molar-refractivity contribution in [3.05, 3.63) is 52.8 Å². The van der Waals surface area contributed by atoms with E-state index in [0.29, 0.717) is 29.0 Å². The quantitative estimate of drug-likeness (QED) is 0.499. The van der Waals surface area contributed by atoms with Crippen molar-refractivity contribution in [2.24, 2.45) is 0 Å². The zero-order valence-corrected chi connectivity index (χ0v) is 19.0. The SMILES string of the molecule is CN1CCN(CCOc2ccccc2Cc2cn(C(F)F)nc2-c2cc(Cl)nc(N)n2)CC1. The third kappa shape index (κ3) is 5.95. The Morgan fingerprint density at radius 2 is 1.88 bits per heavy atom. The lowest BCUT2D eigenvalue weighted by molar-refractivity contribution is 0.0567. The molecule has 33 heavy (non-hydrogen) atoms. The molecular weight excluding hydrogens is 452 g/mol. The zero-order chi connectivity index (χ0) is 23.4. The van der Waals surface area contributed by atoms with Gasteiger partial charge in [0.1, 0.15) is 23.2 Å². The van der Waals surface area contributed by atoms with Crippen LogP contribution in [-0.2, 0) is 6.42 Å². The molecule has 0 spiro atoms. The molecule has 1 aromatic carbocycles. The molecule has 176 valence electrons. The second-order valence-corrected chi connectivity index (χ2v) is 8.36. The molecule has 1 saturated heterocycles. The van der Waals surface area contributed by atoms with Gasteiger partial charge in [0.25, 0.3) is 0 Å². The van der Waals surface area contributed by atoms with Crippen molar-refractivity contribution in [3.8, 4) is 17.1 Å². The topological polar surface area (TPSA) is 85.3 Å². The summed E-state index contributed by atoms with van der Waals surface area (Å²) >= 11 is 6.00. The van der Waals surface area contributed by atoms with E-state index in [9.17, 15) is 8.78 Å². The van der Waals surface area contributed by atoms with Crippen molar-refractivity contribution in [2.45, 2.75) is 13.0 Å². The number of likely N-dealkylation sites (N-methyl/N-ethyl adjacent to an activating group) is 1. The highest BCUT2D eigenvalue weighted by Crippen LogP contribution is 2.29. The minimum Gasteiger partial charge on any atom is -0.492 e.